The van der Waals surface area contributed by atoms with Crippen LogP contribution in [0.25, 0.3) is 0 Å². The molecular formula is C24H34N2O5S. The molecule has 0 radical (unpaired) electrons. The van der Waals surface area contributed by atoms with Crippen LogP contribution in [-0.4, -0.2) is 44.9 Å². The van der Waals surface area contributed by atoms with Gasteiger partial charge in [-0.3, -0.25) is 4.79 Å². The fourth-order valence-electron chi connectivity index (χ4n) is 3.18. The predicted octanol–water partition coefficient (Wildman–Crippen LogP) is 4.43. The molecule has 0 spiro atoms. The summed E-state index contributed by atoms with van der Waals surface area (Å²) in [6.07, 6.45) is -0.803. The lowest BCUT2D eigenvalue weighted by atomic mass is 9.87. The Morgan fingerprint density at radius 1 is 1.06 bits per heavy atom. The van der Waals surface area contributed by atoms with Crippen molar-refractivity contribution in [2.45, 2.75) is 58.0 Å². The summed E-state index contributed by atoms with van der Waals surface area (Å²) in [5, 5.41) is 2.73. The Hall–Kier alpha value is -2.58. The third-order valence-corrected chi connectivity index (χ3v) is 7.22. The Kier molecular flexibility index (Phi) is 8.31. The van der Waals surface area contributed by atoms with E-state index in [1.54, 1.807) is 20.8 Å². The highest BCUT2D eigenvalue weighted by atomic mass is 32.2. The van der Waals surface area contributed by atoms with Gasteiger partial charge in [0.05, 0.1) is 17.7 Å². The Morgan fingerprint density at radius 3 is 2.16 bits per heavy atom. The van der Waals surface area contributed by atoms with Crippen molar-refractivity contribution < 1.29 is 22.7 Å². The van der Waals surface area contributed by atoms with E-state index in [0.717, 1.165) is 5.56 Å². The van der Waals surface area contributed by atoms with Crippen molar-refractivity contribution in [1.29, 1.82) is 0 Å². The number of hydrogen-bond acceptors (Lipinski definition) is 5. The molecule has 1 amide bonds. The third-order valence-electron chi connectivity index (χ3n) is 5.17. The normalized spacial score (nSPS) is 13.0. The van der Waals surface area contributed by atoms with E-state index in [4.69, 9.17) is 9.47 Å². The summed E-state index contributed by atoms with van der Waals surface area (Å²) in [6, 6.07) is 12.0. The molecule has 7 nitrogen and oxygen atoms in total. The van der Waals surface area contributed by atoms with Crippen LogP contribution < -0.4 is 14.8 Å². The minimum atomic E-state index is -3.67. The molecule has 0 heterocycles. The summed E-state index contributed by atoms with van der Waals surface area (Å²) in [4.78, 5) is 12.9. The predicted molar refractivity (Wildman–Crippen MR) is 127 cm³/mol. The first kappa shape index (κ1) is 25.7. The second-order valence-corrected chi connectivity index (χ2v) is 10.4. The summed E-state index contributed by atoms with van der Waals surface area (Å²) in [5.41, 5.74) is 1.45. The molecule has 0 aliphatic carbocycles. The Morgan fingerprint density at radius 2 is 1.66 bits per heavy atom. The molecule has 2 aromatic rings. The zero-order valence-corrected chi connectivity index (χ0v) is 20.7. The lowest BCUT2D eigenvalue weighted by Crippen LogP contribution is -2.31. The van der Waals surface area contributed by atoms with Crippen LogP contribution in [0.15, 0.2) is 47.4 Å². The number of nitrogens with zero attached hydrogens (tertiary/aromatic N) is 1. The van der Waals surface area contributed by atoms with E-state index in [2.05, 4.69) is 26.1 Å². The van der Waals surface area contributed by atoms with Crippen molar-refractivity contribution in [3.63, 3.8) is 0 Å². The summed E-state index contributed by atoms with van der Waals surface area (Å²) in [5.74, 6) is 0.518. The molecule has 0 saturated heterocycles. The molecule has 1 unspecified atom stereocenters. The monoisotopic (exact) mass is 462 g/mol. The van der Waals surface area contributed by atoms with E-state index in [9.17, 15) is 13.2 Å². The average Bonchev–Trinajstić information content (AvgIpc) is 2.74. The van der Waals surface area contributed by atoms with Gasteiger partial charge in [0.1, 0.15) is 11.5 Å². The maximum absolute atomic E-state index is 12.9. The number of anilines is 1. The number of benzene rings is 2. The zero-order chi connectivity index (χ0) is 24.1. The standard InChI is InChI=1S/C24H34N2O5S/c1-8-26(9-2)32(28,29)20-14-15-22(30-7)21(16-20)25-23(27)17(3)31-19-12-10-18(11-13-19)24(4,5)6/h10-17H,8-9H2,1-7H3,(H,25,27). The Labute approximate surface area is 191 Å². The number of hydrogen-bond donors (Lipinski definition) is 1. The van der Waals surface area contributed by atoms with Crippen molar-refractivity contribution in [1.82, 2.24) is 4.31 Å². The first-order valence-corrected chi connectivity index (χ1v) is 12.1. The van der Waals surface area contributed by atoms with Crippen LogP contribution in [0.2, 0.25) is 0 Å². The second kappa shape index (κ2) is 10.4. The van der Waals surface area contributed by atoms with E-state index in [0.29, 0.717) is 24.6 Å². The highest BCUT2D eigenvalue weighted by molar-refractivity contribution is 7.89. The topological polar surface area (TPSA) is 84.9 Å². The van der Waals surface area contributed by atoms with Gasteiger partial charge in [0.15, 0.2) is 6.10 Å². The first-order valence-electron chi connectivity index (χ1n) is 10.7. The molecule has 0 fully saturated rings. The van der Waals surface area contributed by atoms with E-state index < -0.39 is 22.0 Å². The minimum Gasteiger partial charge on any atom is -0.495 e. The SMILES string of the molecule is CCN(CC)S(=O)(=O)c1ccc(OC)c(NC(=O)C(C)Oc2ccc(C(C)(C)C)cc2)c1. The molecule has 2 rings (SSSR count). The molecule has 176 valence electrons. The average molecular weight is 463 g/mol. The van der Waals surface area contributed by atoms with E-state index >= 15 is 0 Å². The number of rotatable bonds is 9. The molecule has 2 aromatic carbocycles. The van der Waals surface area contributed by atoms with Gasteiger partial charge in [-0.25, -0.2) is 8.42 Å². The van der Waals surface area contributed by atoms with Gasteiger partial charge in [0.25, 0.3) is 5.91 Å². The van der Waals surface area contributed by atoms with E-state index in [-0.39, 0.29) is 16.0 Å². The molecule has 0 aromatic heterocycles. The fraction of sp³-hybridized carbons (Fsp3) is 0.458. The maximum atomic E-state index is 12.9. The van der Waals surface area contributed by atoms with Gasteiger partial charge in [-0.2, -0.15) is 4.31 Å². The number of carbonyl (C=O) groups excluding carboxylic acids is 1. The number of methoxy groups -OCH3 is 1. The summed E-state index contributed by atoms with van der Waals surface area (Å²) < 4.78 is 38.1. The minimum absolute atomic E-state index is 0.0224. The molecular weight excluding hydrogens is 428 g/mol. The molecule has 1 N–H and O–H groups in total. The van der Waals surface area contributed by atoms with Crippen LogP contribution >= 0.6 is 0 Å². The first-order chi connectivity index (χ1) is 14.9. The van der Waals surface area contributed by atoms with Crippen LogP contribution in [0.5, 0.6) is 11.5 Å². The summed E-state index contributed by atoms with van der Waals surface area (Å²) in [7, 11) is -2.22. The van der Waals surface area contributed by atoms with Crippen molar-refractivity contribution in [2.24, 2.45) is 0 Å². The number of sulfonamides is 1. The lowest BCUT2D eigenvalue weighted by Gasteiger charge is -2.21. The van der Waals surface area contributed by atoms with Crippen LogP contribution in [0.3, 0.4) is 0 Å². The highest BCUT2D eigenvalue weighted by Crippen LogP contribution is 2.29. The smallest absolute Gasteiger partial charge is 0.265 e. The molecule has 0 aliphatic rings. The molecule has 1 atom stereocenters. The number of nitrogens with one attached hydrogen (secondary N) is 1. The molecule has 0 aliphatic heterocycles. The number of amides is 1. The fourth-order valence-corrected chi connectivity index (χ4v) is 4.67. The van der Waals surface area contributed by atoms with Crippen molar-refractivity contribution in [2.75, 3.05) is 25.5 Å². The number of ether oxygens (including phenoxy) is 2. The van der Waals surface area contributed by atoms with E-state index in [1.165, 1.54) is 29.6 Å². The lowest BCUT2D eigenvalue weighted by molar-refractivity contribution is -0.122. The second-order valence-electron chi connectivity index (χ2n) is 8.48. The van der Waals surface area contributed by atoms with Gasteiger partial charge in [0.2, 0.25) is 10.0 Å². The van der Waals surface area contributed by atoms with Crippen molar-refractivity contribution in [3.8, 4) is 11.5 Å². The van der Waals surface area contributed by atoms with Crippen LogP contribution in [0.1, 0.15) is 47.1 Å². The van der Waals surface area contributed by atoms with Crippen molar-refractivity contribution in [3.05, 3.63) is 48.0 Å². The molecule has 0 saturated carbocycles. The van der Waals surface area contributed by atoms with Gasteiger partial charge in [-0.05, 0) is 48.2 Å². The summed E-state index contributed by atoms with van der Waals surface area (Å²) in [6.45, 7) is 12.3. The van der Waals surface area contributed by atoms with Crippen LogP contribution in [-0.2, 0) is 20.2 Å². The van der Waals surface area contributed by atoms with Gasteiger partial charge < -0.3 is 14.8 Å². The van der Waals surface area contributed by atoms with Gasteiger partial charge in [0, 0.05) is 13.1 Å². The largest absolute Gasteiger partial charge is 0.495 e. The molecule has 0 bridgehead atoms. The Balaban J connectivity index is 2.21. The van der Waals surface area contributed by atoms with Gasteiger partial charge >= 0.3 is 0 Å². The molecule has 8 heteroatoms. The third kappa shape index (κ3) is 6.01. The highest BCUT2D eigenvalue weighted by Gasteiger charge is 2.24. The van der Waals surface area contributed by atoms with Crippen molar-refractivity contribution >= 4 is 21.6 Å². The van der Waals surface area contributed by atoms with Gasteiger partial charge in [-0.1, -0.05) is 46.8 Å². The number of carbonyl (C=O) groups is 1. The van der Waals surface area contributed by atoms with Gasteiger partial charge in [-0.15, -0.1) is 0 Å². The zero-order valence-electron chi connectivity index (χ0n) is 19.9. The van der Waals surface area contributed by atoms with Crippen LogP contribution in [0.4, 0.5) is 5.69 Å². The Bertz CT molecular complexity index is 1020. The quantitative estimate of drug-likeness (QED) is 0.596. The maximum Gasteiger partial charge on any atom is 0.265 e. The van der Waals surface area contributed by atoms with Crippen LogP contribution in [0, 0.1) is 0 Å². The van der Waals surface area contributed by atoms with E-state index in [1.807, 2.05) is 24.3 Å². The molecule has 32 heavy (non-hydrogen) atoms. The summed E-state index contributed by atoms with van der Waals surface area (Å²) >= 11 is 0.